The third-order valence-corrected chi connectivity index (χ3v) is 4.55. The molecule has 6 nitrogen and oxygen atoms in total. The van der Waals surface area contributed by atoms with Crippen LogP contribution >= 0.6 is 0 Å². The largest absolute Gasteiger partial charge is 0.369 e. The Morgan fingerprint density at radius 1 is 1.09 bits per heavy atom. The van der Waals surface area contributed by atoms with Crippen LogP contribution < -0.4 is 0 Å². The van der Waals surface area contributed by atoms with Crippen molar-refractivity contribution in [2.45, 2.75) is 40.5 Å². The van der Waals surface area contributed by atoms with Gasteiger partial charge < -0.3 is 4.74 Å². The Morgan fingerprint density at radius 3 is 2.70 bits per heavy atom. The zero-order valence-corrected chi connectivity index (χ0v) is 13.6. The minimum Gasteiger partial charge on any atom is -0.369 e. The van der Waals surface area contributed by atoms with E-state index in [-0.39, 0.29) is 0 Å². The van der Waals surface area contributed by atoms with Gasteiger partial charge in [0.05, 0.1) is 18.0 Å². The molecule has 0 unspecified atom stereocenters. The first-order valence-electron chi connectivity index (χ1n) is 7.75. The monoisotopic (exact) mass is 309 g/mol. The summed E-state index contributed by atoms with van der Waals surface area (Å²) in [5, 5.41) is 13.3. The highest BCUT2D eigenvalue weighted by molar-refractivity contribution is 5.43. The molecule has 0 radical (unpaired) electrons. The Morgan fingerprint density at radius 2 is 1.91 bits per heavy atom. The number of aromatic nitrogens is 5. The van der Waals surface area contributed by atoms with Crippen molar-refractivity contribution in [3.63, 3.8) is 0 Å². The second-order valence-electron chi connectivity index (χ2n) is 5.94. The molecule has 0 N–H and O–H groups in total. The summed E-state index contributed by atoms with van der Waals surface area (Å²) in [4.78, 5) is 0. The maximum absolute atomic E-state index is 5.71. The lowest BCUT2D eigenvalue weighted by atomic mass is 10.2. The predicted molar refractivity (Wildman–Crippen MR) is 85.4 cm³/mol. The van der Waals surface area contributed by atoms with Gasteiger partial charge in [0.2, 0.25) is 0 Å². The minimum absolute atomic E-state index is 0.470. The van der Waals surface area contributed by atoms with Crippen LogP contribution in [0, 0.1) is 20.8 Å². The summed E-state index contributed by atoms with van der Waals surface area (Å²) in [5.41, 5.74) is 5.69. The van der Waals surface area contributed by atoms with Crippen molar-refractivity contribution in [1.82, 2.24) is 24.5 Å². The smallest absolute Gasteiger partial charge is 0.163 e. The van der Waals surface area contributed by atoms with E-state index in [0.717, 1.165) is 34.3 Å². The van der Waals surface area contributed by atoms with Crippen molar-refractivity contribution >= 4 is 0 Å². The van der Waals surface area contributed by atoms with E-state index in [4.69, 9.17) is 4.74 Å². The Balaban J connectivity index is 1.82. The van der Waals surface area contributed by atoms with Gasteiger partial charge in [-0.15, -0.1) is 10.2 Å². The van der Waals surface area contributed by atoms with Crippen LogP contribution in [0.15, 0.2) is 24.3 Å². The summed E-state index contributed by atoms with van der Waals surface area (Å²) < 4.78 is 9.81. The van der Waals surface area contributed by atoms with Gasteiger partial charge in [-0.25, -0.2) is 0 Å². The number of benzene rings is 1. The Bertz CT molecular complexity index is 877. The number of aryl methyl sites for hydroxylation is 1. The summed E-state index contributed by atoms with van der Waals surface area (Å²) in [5.74, 6) is 1.71. The van der Waals surface area contributed by atoms with Crippen LogP contribution in [0.25, 0.3) is 5.69 Å². The van der Waals surface area contributed by atoms with Gasteiger partial charge in [-0.3, -0.25) is 9.25 Å². The molecule has 1 aliphatic rings. The van der Waals surface area contributed by atoms with E-state index >= 15 is 0 Å². The normalized spacial score (nSPS) is 13.5. The Labute approximate surface area is 134 Å². The Hall–Kier alpha value is -2.47. The summed E-state index contributed by atoms with van der Waals surface area (Å²) in [7, 11) is 0. The van der Waals surface area contributed by atoms with Crippen LogP contribution in [0.5, 0.6) is 0 Å². The fourth-order valence-corrected chi connectivity index (χ4v) is 3.01. The molecular formula is C17H19N5O. The van der Waals surface area contributed by atoms with Crippen LogP contribution in [0.4, 0.5) is 0 Å². The first kappa shape index (κ1) is 14.1. The number of ether oxygens (including phenoxy) is 1. The van der Waals surface area contributed by atoms with E-state index in [1.54, 1.807) is 0 Å². The van der Waals surface area contributed by atoms with Gasteiger partial charge in [-0.2, -0.15) is 5.10 Å². The molecule has 1 aromatic carbocycles. The number of fused-ring (bicyclic) bond motifs is 3. The lowest BCUT2D eigenvalue weighted by molar-refractivity contribution is 0.105. The van der Waals surface area contributed by atoms with Crippen LogP contribution in [0.2, 0.25) is 0 Å². The maximum Gasteiger partial charge on any atom is 0.163 e. The summed E-state index contributed by atoms with van der Waals surface area (Å²) in [6.45, 7) is 7.89. The third-order valence-electron chi connectivity index (χ3n) is 4.55. The van der Waals surface area contributed by atoms with Crippen molar-refractivity contribution in [1.29, 1.82) is 0 Å². The molecule has 0 bridgehead atoms. The second kappa shape index (κ2) is 5.31. The van der Waals surface area contributed by atoms with E-state index in [2.05, 4.69) is 45.8 Å². The van der Waals surface area contributed by atoms with Gasteiger partial charge in [0, 0.05) is 11.3 Å². The number of para-hydroxylation sites is 1. The first-order chi connectivity index (χ1) is 11.1. The molecule has 3 heterocycles. The predicted octanol–water partition coefficient (Wildman–Crippen LogP) is 2.47. The van der Waals surface area contributed by atoms with Crippen LogP contribution in [-0.4, -0.2) is 24.5 Å². The van der Waals surface area contributed by atoms with E-state index < -0.39 is 0 Å². The molecule has 0 spiro atoms. The SMILES string of the molecule is Cc1nn(Cc2nnc3n2-c2ccccc2COC3)c(C)c1C. The molecule has 1 aliphatic heterocycles. The van der Waals surface area contributed by atoms with Gasteiger partial charge in [0.1, 0.15) is 13.2 Å². The third kappa shape index (κ3) is 2.26. The first-order valence-corrected chi connectivity index (χ1v) is 7.75. The van der Waals surface area contributed by atoms with Crippen LogP contribution in [-0.2, 0) is 24.5 Å². The minimum atomic E-state index is 0.470. The van der Waals surface area contributed by atoms with Gasteiger partial charge >= 0.3 is 0 Å². The van der Waals surface area contributed by atoms with Gasteiger partial charge in [0.15, 0.2) is 11.6 Å². The van der Waals surface area contributed by atoms with E-state index in [0.29, 0.717) is 19.8 Å². The summed E-state index contributed by atoms with van der Waals surface area (Å²) in [6, 6.07) is 8.24. The molecule has 6 heteroatoms. The maximum atomic E-state index is 5.71. The number of hydrogen-bond donors (Lipinski definition) is 0. The second-order valence-corrected chi connectivity index (χ2v) is 5.94. The number of rotatable bonds is 2. The molecule has 2 aromatic heterocycles. The van der Waals surface area contributed by atoms with Gasteiger partial charge in [-0.05, 0) is 32.4 Å². The van der Waals surface area contributed by atoms with E-state index in [1.165, 1.54) is 5.56 Å². The molecule has 23 heavy (non-hydrogen) atoms. The highest BCUT2D eigenvalue weighted by Gasteiger charge is 2.21. The zero-order valence-electron chi connectivity index (χ0n) is 13.6. The lowest BCUT2D eigenvalue weighted by Gasteiger charge is -2.11. The van der Waals surface area contributed by atoms with E-state index in [1.807, 2.05) is 23.7 Å². The molecule has 0 saturated heterocycles. The average molecular weight is 309 g/mol. The highest BCUT2D eigenvalue weighted by Crippen LogP contribution is 2.24. The van der Waals surface area contributed by atoms with Crippen LogP contribution in [0.1, 0.15) is 34.2 Å². The molecule has 3 aromatic rings. The molecule has 4 rings (SSSR count). The molecule has 0 fully saturated rings. The standard InChI is InChI=1S/C17H19N5O/c1-11-12(2)20-21(13(11)3)8-16-18-19-17-10-23-9-14-6-4-5-7-15(14)22(16)17/h4-7H,8-10H2,1-3H3. The van der Waals surface area contributed by atoms with Crippen molar-refractivity contribution in [2.75, 3.05) is 0 Å². The van der Waals surface area contributed by atoms with Crippen molar-refractivity contribution in [3.8, 4) is 5.69 Å². The van der Waals surface area contributed by atoms with Crippen molar-refractivity contribution in [2.24, 2.45) is 0 Å². The van der Waals surface area contributed by atoms with E-state index in [9.17, 15) is 0 Å². The highest BCUT2D eigenvalue weighted by atomic mass is 16.5. The molecule has 0 saturated carbocycles. The van der Waals surface area contributed by atoms with Gasteiger partial charge in [-0.1, -0.05) is 18.2 Å². The molecule has 0 aliphatic carbocycles. The summed E-state index contributed by atoms with van der Waals surface area (Å²) in [6.07, 6.45) is 0. The molecule has 0 atom stereocenters. The van der Waals surface area contributed by atoms with Crippen molar-refractivity contribution < 1.29 is 4.74 Å². The molecule has 118 valence electrons. The molecular weight excluding hydrogens is 290 g/mol. The fourth-order valence-electron chi connectivity index (χ4n) is 3.01. The van der Waals surface area contributed by atoms with Gasteiger partial charge in [0.25, 0.3) is 0 Å². The zero-order chi connectivity index (χ0) is 16.0. The number of nitrogens with zero attached hydrogens (tertiary/aromatic N) is 5. The number of hydrogen-bond acceptors (Lipinski definition) is 4. The fraction of sp³-hybridized carbons (Fsp3) is 0.353. The topological polar surface area (TPSA) is 57.8 Å². The van der Waals surface area contributed by atoms with Crippen LogP contribution in [0.3, 0.4) is 0 Å². The average Bonchev–Trinajstić information content (AvgIpc) is 2.97. The summed E-state index contributed by atoms with van der Waals surface area (Å²) >= 11 is 0. The molecule has 0 amide bonds. The lowest BCUT2D eigenvalue weighted by Crippen LogP contribution is -2.12. The van der Waals surface area contributed by atoms with Crippen molar-refractivity contribution in [3.05, 3.63) is 58.4 Å². The Kier molecular flexibility index (Phi) is 3.27. The quantitative estimate of drug-likeness (QED) is 0.729.